The van der Waals surface area contributed by atoms with Crippen LogP contribution in [0.3, 0.4) is 0 Å². The van der Waals surface area contributed by atoms with Crippen molar-refractivity contribution in [2.75, 3.05) is 13.6 Å². The van der Waals surface area contributed by atoms with Gasteiger partial charge in [0, 0.05) is 7.05 Å². The topological polar surface area (TPSA) is 29.5 Å². The number of hydrogen-bond donors (Lipinski definition) is 0. The van der Waals surface area contributed by atoms with Gasteiger partial charge in [-0.15, -0.1) is 5.06 Å². The molecule has 1 heterocycles. The molecule has 0 saturated carbocycles. The summed E-state index contributed by atoms with van der Waals surface area (Å²) in [5.41, 5.74) is 0.318. The van der Waals surface area contributed by atoms with Crippen molar-refractivity contribution in [1.82, 2.24) is 5.06 Å². The maximum absolute atomic E-state index is 12.7. The summed E-state index contributed by atoms with van der Waals surface area (Å²) in [5, 5.41) is 1.42. The molecule has 0 saturated heterocycles. The molecule has 0 radical (unpaired) electrons. The number of Topliss-reactive ketones (excluding diaryl/α,β-unsaturated/α-hetero) is 1. The van der Waals surface area contributed by atoms with Crippen LogP contribution >= 0.6 is 0 Å². The second-order valence-corrected chi connectivity index (χ2v) is 2.94. The molecule has 0 fully saturated rings. The van der Waals surface area contributed by atoms with Gasteiger partial charge in [-0.2, -0.15) is 0 Å². The average Bonchev–Trinajstić information content (AvgIpc) is 2.06. The van der Waals surface area contributed by atoms with E-state index in [4.69, 9.17) is 4.84 Å². The molecular formula is C9H8FNO2. The van der Waals surface area contributed by atoms with Crippen molar-refractivity contribution in [3.8, 4) is 5.75 Å². The summed E-state index contributed by atoms with van der Waals surface area (Å²) in [7, 11) is 1.66. The monoisotopic (exact) mass is 181 g/mol. The molecule has 0 aromatic heterocycles. The number of halogens is 1. The number of benzene rings is 1. The van der Waals surface area contributed by atoms with Crippen molar-refractivity contribution >= 4 is 5.78 Å². The molecule has 0 spiro atoms. The maximum Gasteiger partial charge on any atom is 0.184 e. The van der Waals surface area contributed by atoms with Gasteiger partial charge in [0.15, 0.2) is 11.5 Å². The molecule has 0 bridgehead atoms. The lowest BCUT2D eigenvalue weighted by Gasteiger charge is -2.23. The first-order valence-electron chi connectivity index (χ1n) is 3.88. The molecule has 0 amide bonds. The van der Waals surface area contributed by atoms with E-state index >= 15 is 0 Å². The van der Waals surface area contributed by atoms with Gasteiger partial charge in [0.05, 0.1) is 12.1 Å². The van der Waals surface area contributed by atoms with Crippen molar-refractivity contribution in [1.29, 1.82) is 0 Å². The third-order valence-electron chi connectivity index (χ3n) is 1.86. The third-order valence-corrected chi connectivity index (χ3v) is 1.86. The Labute approximate surface area is 74.7 Å². The Morgan fingerprint density at radius 3 is 3.08 bits per heavy atom. The number of fused-ring (bicyclic) bond motifs is 1. The van der Waals surface area contributed by atoms with E-state index in [-0.39, 0.29) is 12.3 Å². The SMILES string of the molecule is CN1CC(=O)c2cc(F)ccc2O1. The highest BCUT2D eigenvalue weighted by Crippen LogP contribution is 2.24. The standard InChI is InChI=1S/C9H8FNO2/c1-11-5-8(12)7-4-6(10)2-3-9(7)13-11/h2-4H,5H2,1H3. The van der Waals surface area contributed by atoms with Gasteiger partial charge in [0.2, 0.25) is 0 Å². The lowest BCUT2D eigenvalue weighted by molar-refractivity contribution is -0.0333. The van der Waals surface area contributed by atoms with Crippen LogP contribution in [0.2, 0.25) is 0 Å². The molecule has 1 aromatic carbocycles. The lowest BCUT2D eigenvalue weighted by Crippen LogP contribution is -2.34. The van der Waals surface area contributed by atoms with Gasteiger partial charge in [-0.25, -0.2) is 4.39 Å². The van der Waals surface area contributed by atoms with Crippen LogP contribution in [-0.2, 0) is 0 Å². The number of nitrogens with zero attached hydrogens (tertiary/aromatic N) is 1. The van der Waals surface area contributed by atoms with E-state index in [1.165, 1.54) is 23.3 Å². The summed E-state index contributed by atoms with van der Waals surface area (Å²) in [4.78, 5) is 16.6. The average molecular weight is 181 g/mol. The van der Waals surface area contributed by atoms with Crippen LogP contribution in [0.4, 0.5) is 4.39 Å². The molecule has 3 nitrogen and oxygen atoms in total. The van der Waals surface area contributed by atoms with E-state index in [1.54, 1.807) is 7.05 Å². The number of hydrogen-bond acceptors (Lipinski definition) is 3. The number of rotatable bonds is 0. The molecule has 0 N–H and O–H groups in total. The molecule has 13 heavy (non-hydrogen) atoms. The smallest absolute Gasteiger partial charge is 0.184 e. The summed E-state index contributed by atoms with van der Waals surface area (Å²) in [6.07, 6.45) is 0. The summed E-state index contributed by atoms with van der Waals surface area (Å²) in [6.45, 7) is 0.163. The van der Waals surface area contributed by atoms with Gasteiger partial charge in [-0.3, -0.25) is 4.79 Å². The Kier molecular flexibility index (Phi) is 1.77. The van der Waals surface area contributed by atoms with Crippen molar-refractivity contribution in [3.63, 3.8) is 0 Å². The minimum absolute atomic E-state index is 0.122. The van der Waals surface area contributed by atoms with Gasteiger partial charge in [-0.05, 0) is 18.2 Å². The molecule has 0 atom stereocenters. The van der Waals surface area contributed by atoms with Crippen LogP contribution in [0.1, 0.15) is 10.4 Å². The molecule has 1 aliphatic rings. The minimum atomic E-state index is -0.416. The van der Waals surface area contributed by atoms with E-state index in [0.717, 1.165) is 0 Å². The maximum atomic E-state index is 12.7. The van der Waals surface area contributed by atoms with Crippen LogP contribution in [0.5, 0.6) is 5.75 Å². The van der Waals surface area contributed by atoms with Crippen LogP contribution < -0.4 is 4.84 Å². The first-order chi connectivity index (χ1) is 6.16. The number of likely N-dealkylation sites (N-methyl/N-ethyl adjacent to an activating group) is 1. The normalized spacial score (nSPS) is 16.6. The fraction of sp³-hybridized carbons (Fsp3) is 0.222. The highest BCUT2D eigenvalue weighted by molar-refractivity contribution is 6.00. The molecule has 0 unspecified atom stereocenters. The van der Waals surface area contributed by atoms with E-state index in [2.05, 4.69) is 0 Å². The van der Waals surface area contributed by atoms with Crippen LogP contribution in [0, 0.1) is 5.82 Å². The Hall–Kier alpha value is -1.42. The van der Waals surface area contributed by atoms with E-state index in [1.807, 2.05) is 0 Å². The first-order valence-corrected chi connectivity index (χ1v) is 3.88. The molecule has 68 valence electrons. The molecular weight excluding hydrogens is 173 g/mol. The van der Waals surface area contributed by atoms with Crippen molar-refractivity contribution in [3.05, 3.63) is 29.6 Å². The number of ketones is 1. The van der Waals surface area contributed by atoms with Crippen LogP contribution in [0.15, 0.2) is 18.2 Å². The molecule has 2 rings (SSSR count). The summed E-state index contributed by atoms with van der Waals surface area (Å²) in [6, 6.07) is 3.92. The van der Waals surface area contributed by atoms with E-state index in [0.29, 0.717) is 11.3 Å². The Bertz CT molecular complexity index is 365. The fourth-order valence-corrected chi connectivity index (χ4v) is 1.29. The van der Waals surface area contributed by atoms with Gasteiger partial charge < -0.3 is 4.84 Å². The Morgan fingerprint density at radius 1 is 1.54 bits per heavy atom. The minimum Gasteiger partial charge on any atom is -0.405 e. The first kappa shape index (κ1) is 8.19. The highest BCUT2D eigenvalue weighted by atomic mass is 19.1. The highest BCUT2D eigenvalue weighted by Gasteiger charge is 2.22. The summed E-state index contributed by atoms with van der Waals surface area (Å²) >= 11 is 0. The number of carbonyl (C=O) groups is 1. The Balaban J connectivity index is 2.49. The summed E-state index contributed by atoms with van der Waals surface area (Å²) in [5.74, 6) is -0.122. The van der Waals surface area contributed by atoms with Gasteiger partial charge >= 0.3 is 0 Å². The number of carbonyl (C=O) groups excluding carboxylic acids is 1. The van der Waals surface area contributed by atoms with Crippen LogP contribution in [0.25, 0.3) is 0 Å². The third kappa shape index (κ3) is 1.40. The fourth-order valence-electron chi connectivity index (χ4n) is 1.29. The lowest BCUT2D eigenvalue weighted by atomic mass is 10.1. The van der Waals surface area contributed by atoms with Gasteiger partial charge in [0.1, 0.15) is 5.82 Å². The predicted molar refractivity (Wildman–Crippen MR) is 44.0 cm³/mol. The van der Waals surface area contributed by atoms with Crippen molar-refractivity contribution in [2.24, 2.45) is 0 Å². The largest absolute Gasteiger partial charge is 0.405 e. The second kappa shape index (κ2) is 2.81. The molecule has 1 aromatic rings. The second-order valence-electron chi connectivity index (χ2n) is 2.94. The Morgan fingerprint density at radius 2 is 2.31 bits per heavy atom. The zero-order valence-corrected chi connectivity index (χ0v) is 7.08. The molecule has 0 aliphatic carbocycles. The van der Waals surface area contributed by atoms with Crippen molar-refractivity contribution in [2.45, 2.75) is 0 Å². The quantitative estimate of drug-likeness (QED) is 0.603. The molecule has 4 heteroatoms. The summed E-state index contributed by atoms with van der Waals surface area (Å²) < 4.78 is 12.7. The number of hydroxylamine groups is 2. The van der Waals surface area contributed by atoms with E-state index < -0.39 is 5.82 Å². The van der Waals surface area contributed by atoms with Gasteiger partial charge in [0.25, 0.3) is 0 Å². The van der Waals surface area contributed by atoms with Crippen LogP contribution in [-0.4, -0.2) is 24.4 Å². The predicted octanol–water partition coefficient (Wildman–Crippen LogP) is 1.25. The van der Waals surface area contributed by atoms with Gasteiger partial charge in [-0.1, -0.05) is 0 Å². The molecule has 1 aliphatic heterocycles. The zero-order valence-electron chi connectivity index (χ0n) is 7.08. The zero-order chi connectivity index (χ0) is 9.42. The van der Waals surface area contributed by atoms with Crippen molar-refractivity contribution < 1.29 is 14.0 Å². The van der Waals surface area contributed by atoms with E-state index in [9.17, 15) is 9.18 Å².